The van der Waals surface area contributed by atoms with Crippen LogP contribution in [-0.2, 0) is 4.79 Å². The van der Waals surface area contributed by atoms with Gasteiger partial charge in [-0.05, 0) is 65.0 Å². The van der Waals surface area contributed by atoms with E-state index in [9.17, 15) is 14.7 Å². The van der Waals surface area contributed by atoms with Gasteiger partial charge in [0.05, 0.1) is 40.9 Å². The van der Waals surface area contributed by atoms with Gasteiger partial charge in [-0.1, -0.05) is 25.8 Å². The molecule has 1 amide bonds. The number of thiazole rings is 1. The van der Waals surface area contributed by atoms with Crippen molar-refractivity contribution in [2.24, 2.45) is 0 Å². The molecule has 36 heavy (non-hydrogen) atoms. The summed E-state index contributed by atoms with van der Waals surface area (Å²) < 4.78 is 11.5. The highest BCUT2D eigenvalue weighted by Crippen LogP contribution is 2.42. The quantitative estimate of drug-likeness (QED) is 0.301. The largest absolute Gasteiger partial charge is 0.503 e. The minimum absolute atomic E-state index is 0.0790. The highest BCUT2D eigenvalue weighted by atomic mass is 32.1. The molecule has 0 saturated carbocycles. The molecule has 196 valence electrons. The number of aliphatic hydroxyl groups is 1. The number of nitrogens with zero attached hydrogens (tertiary/aromatic N) is 3. The second-order valence-corrected chi connectivity index (χ2v) is 10.5. The van der Waals surface area contributed by atoms with Gasteiger partial charge in [0.25, 0.3) is 5.91 Å². The molecule has 2 aromatic rings. The smallest absolute Gasteiger partial charge is 0.290 e. The SMILES string of the molecule is CCCCCOc1ccc(C2C(C(=O)c3sc(C)nc3C)=C(O)C(=O)N2CCCN(C)C)cc1OC. The molecule has 8 nitrogen and oxygen atoms in total. The van der Waals surface area contributed by atoms with Crippen molar-refractivity contribution in [2.75, 3.05) is 40.9 Å². The predicted molar refractivity (Wildman–Crippen MR) is 141 cm³/mol. The van der Waals surface area contributed by atoms with E-state index in [0.29, 0.717) is 47.2 Å². The number of aromatic nitrogens is 1. The monoisotopic (exact) mass is 515 g/mol. The van der Waals surface area contributed by atoms with E-state index < -0.39 is 17.7 Å². The van der Waals surface area contributed by atoms with E-state index in [-0.39, 0.29) is 11.4 Å². The lowest BCUT2D eigenvalue weighted by Crippen LogP contribution is -2.33. The molecule has 1 atom stereocenters. The van der Waals surface area contributed by atoms with Gasteiger partial charge in [-0.3, -0.25) is 9.59 Å². The summed E-state index contributed by atoms with van der Waals surface area (Å²) in [6, 6.07) is 4.70. The number of amides is 1. The molecule has 3 rings (SSSR count). The van der Waals surface area contributed by atoms with Crippen molar-refractivity contribution in [2.45, 2.75) is 52.5 Å². The maximum Gasteiger partial charge on any atom is 0.290 e. The molecule has 9 heteroatoms. The first kappa shape index (κ1) is 27.7. The third-order valence-corrected chi connectivity index (χ3v) is 7.24. The van der Waals surface area contributed by atoms with Gasteiger partial charge < -0.3 is 24.4 Å². The summed E-state index contributed by atoms with van der Waals surface area (Å²) >= 11 is 1.27. The molecule has 0 fully saturated rings. The minimum atomic E-state index is -0.739. The fraction of sp³-hybridized carbons (Fsp3) is 0.519. The second kappa shape index (κ2) is 12.4. The maximum absolute atomic E-state index is 13.7. The number of hydrogen-bond donors (Lipinski definition) is 1. The van der Waals surface area contributed by atoms with Gasteiger partial charge in [0.2, 0.25) is 5.78 Å². The summed E-state index contributed by atoms with van der Waals surface area (Å²) in [6.45, 7) is 7.47. The first-order valence-corrected chi connectivity index (χ1v) is 13.2. The number of carbonyl (C=O) groups is 2. The van der Waals surface area contributed by atoms with Gasteiger partial charge in [-0.15, -0.1) is 11.3 Å². The first-order chi connectivity index (χ1) is 17.2. The highest BCUT2D eigenvalue weighted by molar-refractivity contribution is 7.14. The van der Waals surface area contributed by atoms with Crippen molar-refractivity contribution >= 4 is 23.0 Å². The Morgan fingerprint density at radius 1 is 1.19 bits per heavy atom. The summed E-state index contributed by atoms with van der Waals surface area (Å²) in [5.41, 5.74) is 1.35. The number of ketones is 1. The molecular weight excluding hydrogens is 478 g/mol. The number of hydrogen-bond acceptors (Lipinski definition) is 8. The molecule has 0 saturated heterocycles. The van der Waals surface area contributed by atoms with E-state index in [4.69, 9.17) is 9.47 Å². The average molecular weight is 516 g/mol. The van der Waals surface area contributed by atoms with Gasteiger partial charge in [0, 0.05) is 6.54 Å². The zero-order valence-electron chi connectivity index (χ0n) is 22.1. The number of aryl methyl sites for hydroxylation is 2. The molecule has 0 spiro atoms. The van der Waals surface area contributed by atoms with E-state index in [1.54, 1.807) is 25.0 Å². The molecule has 2 heterocycles. The topological polar surface area (TPSA) is 92.2 Å². The number of methoxy groups -OCH3 is 1. The van der Waals surface area contributed by atoms with Crippen LogP contribution in [0.25, 0.3) is 0 Å². The zero-order chi connectivity index (χ0) is 26.4. The van der Waals surface area contributed by atoms with Crippen LogP contribution in [0.15, 0.2) is 29.5 Å². The molecular formula is C27H37N3O5S. The molecule has 0 bridgehead atoms. The maximum atomic E-state index is 13.7. The number of benzene rings is 1. The van der Waals surface area contributed by atoms with Crippen LogP contribution in [0.1, 0.15) is 64.6 Å². The summed E-state index contributed by atoms with van der Waals surface area (Å²) in [7, 11) is 5.50. The number of Topliss-reactive ketones (excluding diaryl/α,β-unsaturated/α-hetero) is 1. The van der Waals surface area contributed by atoms with Gasteiger partial charge in [-0.2, -0.15) is 0 Å². The summed E-state index contributed by atoms with van der Waals surface area (Å²) in [5, 5.41) is 11.7. The molecule has 1 unspecified atom stereocenters. The van der Waals surface area contributed by atoms with Crippen LogP contribution in [0.3, 0.4) is 0 Å². The fourth-order valence-corrected chi connectivity index (χ4v) is 5.27. The van der Waals surface area contributed by atoms with Gasteiger partial charge in [0.1, 0.15) is 0 Å². The summed E-state index contributed by atoms with van der Waals surface area (Å²) in [6.07, 6.45) is 3.82. The van der Waals surface area contributed by atoms with Crippen LogP contribution >= 0.6 is 11.3 Å². The predicted octanol–water partition coefficient (Wildman–Crippen LogP) is 4.87. The van der Waals surface area contributed by atoms with Crippen LogP contribution in [0.4, 0.5) is 0 Å². The van der Waals surface area contributed by atoms with Gasteiger partial charge >= 0.3 is 0 Å². The summed E-state index contributed by atoms with van der Waals surface area (Å²) in [5.74, 6) is -0.287. The highest BCUT2D eigenvalue weighted by Gasteiger charge is 2.44. The number of aliphatic hydroxyl groups excluding tert-OH is 1. The molecule has 0 aliphatic carbocycles. The Hall–Kier alpha value is -2.91. The van der Waals surface area contributed by atoms with Crippen molar-refractivity contribution < 1.29 is 24.2 Å². The fourth-order valence-electron chi connectivity index (χ4n) is 4.39. The van der Waals surface area contributed by atoms with E-state index in [2.05, 4.69) is 11.9 Å². The van der Waals surface area contributed by atoms with Crippen molar-refractivity contribution in [1.82, 2.24) is 14.8 Å². The van der Waals surface area contributed by atoms with E-state index in [1.807, 2.05) is 38.1 Å². The van der Waals surface area contributed by atoms with E-state index in [1.165, 1.54) is 11.3 Å². The number of unbranched alkanes of at least 4 members (excludes halogenated alkanes) is 2. The Balaban J connectivity index is 2.01. The Labute approximate surface area is 217 Å². The number of rotatable bonds is 13. The number of ether oxygens (including phenoxy) is 2. The van der Waals surface area contributed by atoms with Crippen molar-refractivity contribution in [3.63, 3.8) is 0 Å². The standard InChI is InChI=1S/C27H37N3O5S/c1-7-8-9-15-35-20-12-11-19(16-21(20)34-6)23-22(24(31)26-17(2)28-18(3)36-26)25(32)27(33)30(23)14-10-13-29(4)5/h11-12,16,23,32H,7-10,13-15H2,1-6H3. The normalized spacial score (nSPS) is 15.8. The molecule has 1 aliphatic rings. The Morgan fingerprint density at radius 2 is 1.94 bits per heavy atom. The Morgan fingerprint density at radius 3 is 2.56 bits per heavy atom. The Kier molecular flexibility index (Phi) is 9.50. The van der Waals surface area contributed by atoms with Crippen LogP contribution in [-0.4, -0.2) is 72.5 Å². The van der Waals surface area contributed by atoms with Crippen molar-refractivity contribution in [3.05, 3.63) is 50.7 Å². The van der Waals surface area contributed by atoms with Crippen LogP contribution < -0.4 is 9.47 Å². The van der Waals surface area contributed by atoms with Gasteiger partial charge in [0.15, 0.2) is 17.3 Å². The van der Waals surface area contributed by atoms with Crippen molar-refractivity contribution in [1.29, 1.82) is 0 Å². The Bertz CT molecular complexity index is 1120. The average Bonchev–Trinajstić information content (AvgIpc) is 3.31. The zero-order valence-corrected chi connectivity index (χ0v) is 22.9. The van der Waals surface area contributed by atoms with Gasteiger partial charge in [-0.25, -0.2) is 4.98 Å². The molecule has 1 aromatic heterocycles. The van der Waals surface area contributed by atoms with Crippen LogP contribution in [0.5, 0.6) is 11.5 Å². The third kappa shape index (κ3) is 6.07. The lowest BCUT2D eigenvalue weighted by atomic mass is 9.94. The first-order valence-electron chi connectivity index (χ1n) is 12.4. The molecule has 1 N–H and O–H groups in total. The second-order valence-electron chi connectivity index (χ2n) is 9.26. The van der Waals surface area contributed by atoms with Crippen molar-refractivity contribution in [3.8, 4) is 11.5 Å². The van der Waals surface area contributed by atoms with E-state index in [0.717, 1.165) is 30.8 Å². The van der Waals surface area contributed by atoms with Crippen LogP contribution in [0, 0.1) is 13.8 Å². The lowest BCUT2D eigenvalue weighted by molar-refractivity contribution is -0.129. The van der Waals surface area contributed by atoms with E-state index >= 15 is 0 Å². The molecule has 0 radical (unpaired) electrons. The molecule has 1 aromatic carbocycles. The lowest BCUT2D eigenvalue weighted by Gasteiger charge is -2.28. The summed E-state index contributed by atoms with van der Waals surface area (Å²) in [4.78, 5) is 35.3. The molecule has 1 aliphatic heterocycles. The van der Waals surface area contributed by atoms with Crippen LogP contribution in [0.2, 0.25) is 0 Å². The third-order valence-electron chi connectivity index (χ3n) is 6.17. The number of carbonyl (C=O) groups excluding carboxylic acids is 2. The minimum Gasteiger partial charge on any atom is -0.503 e.